The Labute approximate surface area is 116 Å². The van der Waals surface area contributed by atoms with Gasteiger partial charge in [0.25, 0.3) is 0 Å². The van der Waals surface area contributed by atoms with Gasteiger partial charge in [-0.2, -0.15) is 0 Å². The van der Waals surface area contributed by atoms with E-state index >= 15 is 0 Å². The summed E-state index contributed by atoms with van der Waals surface area (Å²) in [5, 5.41) is 3.18. The van der Waals surface area contributed by atoms with Gasteiger partial charge >= 0.3 is 0 Å². The van der Waals surface area contributed by atoms with Crippen molar-refractivity contribution in [3.8, 4) is 11.1 Å². The standard InChI is InChI=1S/C16H19N.ClH/c1-13-5-3-7-15(11-13)16-8-4-6-14(12-16)9-10-17-2;/h3-8,11-12,17H,9-10H2,1-2H3;1H. The maximum absolute atomic E-state index is 3.18. The Hall–Kier alpha value is -1.31. The maximum atomic E-state index is 3.18. The molecule has 0 fully saturated rings. The van der Waals surface area contributed by atoms with E-state index in [1.165, 1.54) is 22.3 Å². The van der Waals surface area contributed by atoms with E-state index in [1.807, 2.05) is 7.05 Å². The number of nitrogens with one attached hydrogen (secondary N) is 1. The summed E-state index contributed by atoms with van der Waals surface area (Å²) in [5.41, 5.74) is 5.31. The summed E-state index contributed by atoms with van der Waals surface area (Å²) >= 11 is 0. The fraction of sp³-hybridized carbons (Fsp3) is 0.250. The fourth-order valence-corrected chi connectivity index (χ4v) is 2.00. The smallest absolute Gasteiger partial charge is 0.00114 e. The first-order valence-corrected chi connectivity index (χ1v) is 6.10. The molecule has 0 bridgehead atoms. The van der Waals surface area contributed by atoms with Crippen molar-refractivity contribution in [3.05, 3.63) is 59.7 Å². The maximum Gasteiger partial charge on any atom is -0.00114 e. The predicted molar refractivity (Wildman–Crippen MR) is 81.5 cm³/mol. The van der Waals surface area contributed by atoms with Crippen LogP contribution < -0.4 is 5.32 Å². The van der Waals surface area contributed by atoms with Gasteiger partial charge in [0.15, 0.2) is 0 Å². The average molecular weight is 262 g/mol. The first-order chi connectivity index (χ1) is 8.29. The largest absolute Gasteiger partial charge is 0.319 e. The minimum atomic E-state index is 0. The molecule has 0 atom stereocenters. The first-order valence-electron chi connectivity index (χ1n) is 6.10. The van der Waals surface area contributed by atoms with Gasteiger partial charge < -0.3 is 5.32 Å². The lowest BCUT2D eigenvalue weighted by atomic mass is 10.0. The number of rotatable bonds is 4. The molecule has 2 aromatic rings. The van der Waals surface area contributed by atoms with Crippen molar-refractivity contribution in [2.75, 3.05) is 13.6 Å². The normalized spacial score (nSPS) is 9.89. The zero-order valence-electron chi connectivity index (χ0n) is 10.9. The molecule has 0 aliphatic carbocycles. The number of halogens is 1. The van der Waals surface area contributed by atoms with Crippen LogP contribution in [0, 0.1) is 6.92 Å². The lowest BCUT2D eigenvalue weighted by molar-refractivity contribution is 0.792. The summed E-state index contributed by atoms with van der Waals surface area (Å²) in [4.78, 5) is 0. The molecule has 0 spiro atoms. The van der Waals surface area contributed by atoms with Crippen molar-refractivity contribution >= 4 is 12.4 Å². The van der Waals surface area contributed by atoms with Gasteiger partial charge in [-0.3, -0.25) is 0 Å². The molecule has 0 unspecified atom stereocenters. The van der Waals surface area contributed by atoms with Gasteiger partial charge in [0.05, 0.1) is 0 Å². The Morgan fingerprint density at radius 2 is 1.61 bits per heavy atom. The van der Waals surface area contributed by atoms with Crippen LogP contribution in [0.5, 0.6) is 0 Å². The van der Waals surface area contributed by atoms with Crippen LogP contribution in [-0.4, -0.2) is 13.6 Å². The van der Waals surface area contributed by atoms with Crippen LogP contribution in [0.2, 0.25) is 0 Å². The SMILES string of the molecule is CNCCc1cccc(-c2cccc(C)c2)c1.Cl. The van der Waals surface area contributed by atoms with Gasteiger partial charge in [-0.05, 0) is 43.6 Å². The van der Waals surface area contributed by atoms with Crippen LogP contribution in [0.25, 0.3) is 11.1 Å². The average Bonchev–Trinajstić information content (AvgIpc) is 2.37. The van der Waals surface area contributed by atoms with Gasteiger partial charge in [-0.15, -0.1) is 12.4 Å². The fourth-order valence-electron chi connectivity index (χ4n) is 2.00. The molecule has 0 aliphatic rings. The quantitative estimate of drug-likeness (QED) is 0.882. The molecule has 0 saturated carbocycles. The molecule has 1 nitrogen and oxygen atoms in total. The van der Waals surface area contributed by atoms with Crippen molar-refractivity contribution < 1.29 is 0 Å². The number of hydrogen-bond acceptors (Lipinski definition) is 1. The molecule has 0 aromatic heterocycles. The Balaban J connectivity index is 0.00000162. The molecule has 2 heteroatoms. The van der Waals surface area contributed by atoms with Crippen molar-refractivity contribution in [3.63, 3.8) is 0 Å². The zero-order valence-corrected chi connectivity index (χ0v) is 11.8. The predicted octanol–water partition coefficient (Wildman–Crippen LogP) is 3.85. The topological polar surface area (TPSA) is 12.0 Å². The van der Waals surface area contributed by atoms with E-state index in [1.54, 1.807) is 0 Å². The van der Waals surface area contributed by atoms with E-state index in [0.717, 1.165) is 13.0 Å². The van der Waals surface area contributed by atoms with Crippen LogP contribution in [0.4, 0.5) is 0 Å². The van der Waals surface area contributed by atoms with E-state index in [-0.39, 0.29) is 12.4 Å². The number of hydrogen-bond donors (Lipinski definition) is 1. The lowest BCUT2D eigenvalue weighted by Gasteiger charge is -2.06. The van der Waals surface area contributed by atoms with Crippen LogP contribution >= 0.6 is 12.4 Å². The second-order valence-electron chi connectivity index (χ2n) is 4.42. The summed E-state index contributed by atoms with van der Waals surface area (Å²) in [7, 11) is 1.99. The van der Waals surface area contributed by atoms with E-state index in [0.29, 0.717) is 0 Å². The summed E-state index contributed by atoms with van der Waals surface area (Å²) < 4.78 is 0. The highest BCUT2D eigenvalue weighted by atomic mass is 35.5. The highest BCUT2D eigenvalue weighted by Gasteiger charge is 1.99. The summed E-state index contributed by atoms with van der Waals surface area (Å²) in [6, 6.07) is 17.4. The summed E-state index contributed by atoms with van der Waals surface area (Å²) in [6.07, 6.45) is 1.08. The number of likely N-dealkylation sites (N-methyl/N-ethyl adjacent to an activating group) is 1. The molecule has 2 aromatic carbocycles. The monoisotopic (exact) mass is 261 g/mol. The van der Waals surface area contributed by atoms with Crippen LogP contribution in [0.1, 0.15) is 11.1 Å². The van der Waals surface area contributed by atoms with E-state index < -0.39 is 0 Å². The van der Waals surface area contributed by atoms with Crippen LogP contribution in [0.3, 0.4) is 0 Å². The number of aryl methyl sites for hydroxylation is 1. The van der Waals surface area contributed by atoms with Gasteiger partial charge in [0.1, 0.15) is 0 Å². The molecule has 0 aliphatic heterocycles. The minimum Gasteiger partial charge on any atom is -0.319 e. The second-order valence-corrected chi connectivity index (χ2v) is 4.42. The Kier molecular flexibility index (Phi) is 5.90. The molecular weight excluding hydrogens is 242 g/mol. The van der Waals surface area contributed by atoms with Gasteiger partial charge in [0.2, 0.25) is 0 Å². The molecule has 0 amide bonds. The Bertz CT molecular complexity index is 494. The van der Waals surface area contributed by atoms with Gasteiger partial charge in [-0.25, -0.2) is 0 Å². The third kappa shape index (κ3) is 3.86. The van der Waals surface area contributed by atoms with E-state index in [4.69, 9.17) is 0 Å². The highest BCUT2D eigenvalue weighted by Crippen LogP contribution is 2.21. The molecule has 0 heterocycles. The molecule has 18 heavy (non-hydrogen) atoms. The van der Waals surface area contributed by atoms with E-state index in [9.17, 15) is 0 Å². The van der Waals surface area contributed by atoms with Crippen molar-refractivity contribution in [2.45, 2.75) is 13.3 Å². The highest BCUT2D eigenvalue weighted by molar-refractivity contribution is 5.85. The van der Waals surface area contributed by atoms with Gasteiger partial charge in [-0.1, -0.05) is 54.1 Å². The molecule has 1 N–H and O–H groups in total. The summed E-state index contributed by atoms with van der Waals surface area (Å²) in [5.74, 6) is 0. The Morgan fingerprint density at radius 1 is 0.944 bits per heavy atom. The molecule has 2 rings (SSSR count). The zero-order chi connectivity index (χ0) is 12.1. The molecule has 0 saturated heterocycles. The first kappa shape index (κ1) is 14.7. The Morgan fingerprint density at radius 3 is 2.28 bits per heavy atom. The van der Waals surface area contributed by atoms with Crippen molar-refractivity contribution in [1.82, 2.24) is 5.32 Å². The van der Waals surface area contributed by atoms with E-state index in [2.05, 4.69) is 60.8 Å². The van der Waals surface area contributed by atoms with Crippen LogP contribution in [-0.2, 0) is 6.42 Å². The molecule has 0 radical (unpaired) electrons. The van der Waals surface area contributed by atoms with Gasteiger partial charge in [0, 0.05) is 0 Å². The minimum absolute atomic E-state index is 0. The molecular formula is C16H20ClN. The third-order valence-electron chi connectivity index (χ3n) is 2.94. The van der Waals surface area contributed by atoms with Crippen LogP contribution in [0.15, 0.2) is 48.5 Å². The number of benzene rings is 2. The second kappa shape index (κ2) is 7.20. The molecule has 96 valence electrons. The third-order valence-corrected chi connectivity index (χ3v) is 2.94. The summed E-state index contributed by atoms with van der Waals surface area (Å²) in [6.45, 7) is 3.16. The lowest BCUT2D eigenvalue weighted by Crippen LogP contribution is -2.10. The van der Waals surface area contributed by atoms with Crippen molar-refractivity contribution in [2.24, 2.45) is 0 Å². The van der Waals surface area contributed by atoms with Crippen molar-refractivity contribution in [1.29, 1.82) is 0 Å².